The second-order valence-corrected chi connectivity index (χ2v) is 10.5. The average Bonchev–Trinajstić information content (AvgIpc) is 2.87. The van der Waals surface area contributed by atoms with Gasteiger partial charge in [0.05, 0.1) is 6.08 Å². The normalized spacial score (nSPS) is 11.4. The van der Waals surface area contributed by atoms with Crippen molar-refractivity contribution >= 4 is 40.4 Å². The minimum atomic E-state index is -2.56. The van der Waals surface area contributed by atoms with Crippen molar-refractivity contribution in [2.75, 3.05) is 0 Å². The Kier molecular flexibility index (Phi) is 6.63. The van der Waals surface area contributed by atoms with E-state index in [0.29, 0.717) is 11.0 Å². The number of nitrogens with one attached hydrogen (secondary N) is 1. The zero-order valence-electron chi connectivity index (χ0n) is 17.4. The van der Waals surface area contributed by atoms with Gasteiger partial charge in [0.2, 0.25) is 5.45 Å². The quantitative estimate of drug-likeness (QED) is 0.337. The summed E-state index contributed by atoms with van der Waals surface area (Å²) in [4.78, 5) is 17.8. The second-order valence-electron chi connectivity index (χ2n) is 7.11. The summed E-state index contributed by atoms with van der Waals surface area (Å²) in [5.41, 5.74) is 1.06. The molecule has 4 heteroatoms. The molecule has 0 atom stereocenters. The van der Waals surface area contributed by atoms with E-state index in [1.165, 1.54) is 0 Å². The van der Waals surface area contributed by atoms with Crippen LogP contribution in [-0.2, 0) is 0 Å². The Bertz CT molecular complexity index is 1170. The molecule has 4 aromatic rings. The minimum Gasteiger partial charge on any atom is -0.267 e. The van der Waals surface area contributed by atoms with Crippen molar-refractivity contribution in [1.29, 1.82) is 5.41 Å². The molecule has 154 valence electrons. The Morgan fingerprint density at radius 2 is 1.03 bits per heavy atom. The van der Waals surface area contributed by atoms with Gasteiger partial charge in [0.25, 0.3) is 5.91 Å². The molecular weight excluding hydrogens is 411 g/mol. The fourth-order valence-electron chi connectivity index (χ4n) is 3.82. The summed E-state index contributed by atoms with van der Waals surface area (Å²) in [7, 11) is -2.56. The van der Waals surface area contributed by atoms with E-state index >= 15 is 0 Å². The SMILES string of the molecule is N=C=CC(=NC(=O)c1ccccc1)[P+](c1ccccc1)(c1ccccc1)c1ccccc1. The van der Waals surface area contributed by atoms with Crippen molar-refractivity contribution in [1.82, 2.24) is 0 Å². The van der Waals surface area contributed by atoms with Gasteiger partial charge in [-0.15, -0.1) is 0 Å². The topological polar surface area (TPSA) is 53.3 Å². The molecule has 3 nitrogen and oxygen atoms in total. The molecule has 0 aromatic heterocycles. The lowest BCUT2D eigenvalue weighted by Crippen LogP contribution is -2.36. The van der Waals surface area contributed by atoms with Gasteiger partial charge in [-0.2, -0.15) is 4.99 Å². The molecule has 0 aliphatic rings. The van der Waals surface area contributed by atoms with Crippen LogP contribution >= 0.6 is 7.26 Å². The van der Waals surface area contributed by atoms with Crippen molar-refractivity contribution in [3.63, 3.8) is 0 Å². The number of benzene rings is 4. The standard InChI is InChI=1S/C28H22N2OP/c29-22-21-27(30-28(31)23-13-5-1-6-14-23)32(24-15-7-2-8-16-24,25-17-9-3-10-18-25)26-19-11-4-12-20-26/h1-21,29H/q+1. The van der Waals surface area contributed by atoms with Crippen molar-refractivity contribution in [3.8, 4) is 0 Å². The van der Waals surface area contributed by atoms with Crippen LogP contribution in [0.3, 0.4) is 0 Å². The summed E-state index contributed by atoms with van der Waals surface area (Å²) in [6, 6.07) is 39.4. The monoisotopic (exact) mass is 433 g/mol. The van der Waals surface area contributed by atoms with Crippen LogP contribution in [0, 0.1) is 5.41 Å². The molecule has 32 heavy (non-hydrogen) atoms. The van der Waals surface area contributed by atoms with Gasteiger partial charge in [0.1, 0.15) is 15.9 Å². The van der Waals surface area contributed by atoms with Crippen molar-refractivity contribution in [3.05, 3.63) is 133 Å². The highest BCUT2D eigenvalue weighted by atomic mass is 31.2. The zero-order chi connectivity index (χ0) is 22.2. The molecule has 0 saturated carbocycles. The zero-order valence-corrected chi connectivity index (χ0v) is 18.3. The molecule has 4 aromatic carbocycles. The average molecular weight is 433 g/mol. The number of allylic oxidation sites excluding steroid dienone is 1. The Morgan fingerprint density at radius 1 is 0.656 bits per heavy atom. The van der Waals surface area contributed by atoms with E-state index in [1.54, 1.807) is 18.2 Å². The molecule has 0 unspecified atom stereocenters. The third-order valence-corrected chi connectivity index (χ3v) is 9.35. The molecular formula is C28H22N2OP+. The fourth-order valence-corrected chi connectivity index (χ4v) is 7.86. The maximum atomic E-state index is 13.2. The fraction of sp³-hybridized carbons (Fsp3) is 0. The predicted octanol–water partition coefficient (Wildman–Crippen LogP) is 5.02. The number of rotatable bonds is 6. The van der Waals surface area contributed by atoms with Crippen molar-refractivity contribution in [2.24, 2.45) is 4.99 Å². The Labute approximate surface area is 188 Å². The Morgan fingerprint density at radius 3 is 1.41 bits per heavy atom. The van der Waals surface area contributed by atoms with Gasteiger partial charge in [-0.1, -0.05) is 72.8 Å². The Balaban J connectivity index is 2.09. The van der Waals surface area contributed by atoms with Crippen LogP contribution in [0.5, 0.6) is 0 Å². The van der Waals surface area contributed by atoms with Gasteiger partial charge < -0.3 is 0 Å². The number of amides is 1. The van der Waals surface area contributed by atoms with Gasteiger partial charge in [0.15, 0.2) is 7.26 Å². The first-order valence-electron chi connectivity index (χ1n) is 10.3. The molecule has 1 amide bonds. The molecule has 1 N–H and O–H groups in total. The first-order chi connectivity index (χ1) is 15.8. The number of aliphatic imine (C=N–C) groups is 1. The number of hydrogen-bond acceptors (Lipinski definition) is 2. The summed E-state index contributed by atoms with van der Waals surface area (Å²) in [5, 5.41) is 10.9. The number of carbonyl (C=O) groups excluding carboxylic acids is 1. The smallest absolute Gasteiger partial charge is 0.267 e. The van der Waals surface area contributed by atoms with Crippen LogP contribution in [0.1, 0.15) is 10.4 Å². The Hall–Kier alpha value is -3.90. The molecule has 0 heterocycles. The van der Waals surface area contributed by atoms with E-state index in [2.05, 4.69) is 47.3 Å². The highest BCUT2D eigenvalue weighted by Gasteiger charge is 2.50. The van der Waals surface area contributed by atoms with Gasteiger partial charge >= 0.3 is 0 Å². The van der Waals surface area contributed by atoms with Crippen LogP contribution in [0.4, 0.5) is 0 Å². The molecule has 0 radical (unpaired) electrons. The highest BCUT2D eigenvalue weighted by molar-refractivity contribution is 8.09. The number of hydrogen-bond donors (Lipinski definition) is 1. The van der Waals surface area contributed by atoms with E-state index in [-0.39, 0.29) is 5.91 Å². The molecule has 0 bridgehead atoms. The maximum Gasteiger partial charge on any atom is 0.280 e. The second kappa shape index (κ2) is 9.94. The van der Waals surface area contributed by atoms with Crippen molar-refractivity contribution in [2.45, 2.75) is 0 Å². The lowest BCUT2D eigenvalue weighted by Gasteiger charge is -2.26. The van der Waals surface area contributed by atoms with Gasteiger partial charge in [0, 0.05) is 5.56 Å². The lowest BCUT2D eigenvalue weighted by molar-refractivity contribution is 0.100. The summed E-state index contributed by atoms with van der Waals surface area (Å²) in [6.07, 6.45) is 1.54. The van der Waals surface area contributed by atoms with E-state index in [0.717, 1.165) is 15.9 Å². The van der Waals surface area contributed by atoms with E-state index in [1.807, 2.05) is 72.8 Å². The number of nitrogens with zero attached hydrogens (tertiary/aromatic N) is 1. The van der Waals surface area contributed by atoms with Crippen LogP contribution in [0.15, 0.2) is 132 Å². The van der Waals surface area contributed by atoms with Gasteiger partial charge in [-0.25, -0.2) is 0 Å². The molecule has 0 saturated heterocycles. The minimum absolute atomic E-state index is 0.334. The molecule has 0 aliphatic heterocycles. The third kappa shape index (κ3) is 4.13. The van der Waals surface area contributed by atoms with Crippen LogP contribution in [-0.4, -0.2) is 17.2 Å². The summed E-state index contributed by atoms with van der Waals surface area (Å²) >= 11 is 0. The van der Waals surface area contributed by atoms with E-state index in [4.69, 9.17) is 5.41 Å². The summed E-state index contributed by atoms with van der Waals surface area (Å²) in [5.74, 6) is 2.07. The van der Waals surface area contributed by atoms with Crippen LogP contribution in [0.25, 0.3) is 0 Å². The highest BCUT2D eigenvalue weighted by Crippen LogP contribution is 2.57. The van der Waals surface area contributed by atoms with E-state index < -0.39 is 7.26 Å². The largest absolute Gasteiger partial charge is 0.280 e. The summed E-state index contributed by atoms with van der Waals surface area (Å²) in [6.45, 7) is 0. The molecule has 4 rings (SSSR count). The first-order valence-corrected chi connectivity index (χ1v) is 12.1. The van der Waals surface area contributed by atoms with Crippen LogP contribution < -0.4 is 15.9 Å². The first kappa shape index (κ1) is 21.3. The third-order valence-electron chi connectivity index (χ3n) is 5.21. The molecule has 0 fully saturated rings. The molecule has 0 aliphatic carbocycles. The molecule has 0 spiro atoms. The predicted molar refractivity (Wildman–Crippen MR) is 136 cm³/mol. The van der Waals surface area contributed by atoms with E-state index in [9.17, 15) is 4.79 Å². The maximum absolute atomic E-state index is 13.2. The summed E-state index contributed by atoms with van der Waals surface area (Å²) < 4.78 is 0. The van der Waals surface area contributed by atoms with Crippen LogP contribution in [0.2, 0.25) is 0 Å². The van der Waals surface area contributed by atoms with Gasteiger partial charge in [-0.3, -0.25) is 10.2 Å². The van der Waals surface area contributed by atoms with Gasteiger partial charge in [-0.05, 0) is 54.4 Å². The lowest BCUT2D eigenvalue weighted by atomic mass is 10.2. The number of carbonyl (C=O) groups is 1. The van der Waals surface area contributed by atoms with Crippen molar-refractivity contribution < 1.29 is 4.79 Å².